The van der Waals surface area contributed by atoms with E-state index in [0.717, 1.165) is 11.1 Å². The van der Waals surface area contributed by atoms with E-state index in [0.29, 0.717) is 22.8 Å². The minimum absolute atomic E-state index is 0.187. The fourth-order valence-corrected chi connectivity index (χ4v) is 3.33. The van der Waals surface area contributed by atoms with Crippen molar-refractivity contribution in [3.05, 3.63) is 96.4 Å². The molecule has 0 aliphatic heterocycles. The standard InChI is InChI=1S/C25H22N2O5/c26-21(23(30)18-12-7-13-19(14-18)31-15-20(28)29)25-27-22(16-8-3-1-4-9-16)24(32-25)17-10-5-2-6-11-17/h1-14,21,23,30H,15,26H2,(H,28,29). The lowest BCUT2D eigenvalue weighted by molar-refractivity contribution is -0.139. The molecule has 0 fully saturated rings. The molecule has 0 amide bonds. The number of hydrogen-bond acceptors (Lipinski definition) is 6. The van der Waals surface area contributed by atoms with Gasteiger partial charge in [-0.3, -0.25) is 0 Å². The van der Waals surface area contributed by atoms with Crippen LogP contribution < -0.4 is 10.5 Å². The molecule has 1 aromatic heterocycles. The maximum Gasteiger partial charge on any atom is 0.341 e. The van der Waals surface area contributed by atoms with Crippen LogP contribution in [0.15, 0.2) is 89.3 Å². The highest BCUT2D eigenvalue weighted by molar-refractivity contribution is 5.76. The van der Waals surface area contributed by atoms with Crippen LogP contribution in [0.5, 0.6) is 5.75 Å². The molecule has 0 saturated heterocycles. The Hall–Kier alpha value is -3.94. The van der Waals surface area contributed by atoms with E-state index in [1.54, 1.807) is 24.3 Å². The topological polar surface area (TPSA) is 119 Å². The zero-order valence-corrected chi connectivity index (χ0v) is 17.1. The Balaban J connectivity index is 1.67. The highest BCUT2D eigenvalue weighted by Gasteiger charge is 2.27. The Morgan fingerprint density at radius 1 is 0.969 bits per heavy atom. The first kappa shape index (κ1) is 21.3. The van der Waals surface area contributed by atoms with E-state index in [1.165, 1.54) is 0 Å². The van der Waals surface area contributed by atoms with E-state index in [2.05, 4.69) is 4.98 Å². The second-order valence-corrected chi connectivity index (χ2v) is 7.19. The van der Waals surface area contributed by atoms with Gasteiger partial charge in [0.1, 0.15) is 23.6 Å². The third-order valence-corrected chi connectivity index (χ3v) is 4.91. The molecule has 4 N–H and O–H groups in total. The molecule has 0 aliphatic rings. The van der Waals surface area contributed by atoms with Crippen LogP contribution in [-0.2, 0) is 4.79 Å². The minimum atomic E-state index is -1.14. The number of carboxylic acids is 1. The van der Waals surface area contributed by atoms with E-state index in [9.17, 15) is 9.90 Å². The van der Waals surface area contributed by atoms with Crippen molar-refractivity contribution in [1.82, 2.24) is 4.98 Å². The summed E-state index contributed by atoms with van der Waals surface area (Å²) in [6.45, 7) is -0.480. The SMILES string of the molecule is NC(c1nc(-c2ccccc2)c(-c2ccccc2)o1)C(O)c1cccc(OCC(=O)O)c1. The predicted molar refractivity (Wildman–Crippen MR) is 119 cm³/mol. The van der Waals surface area contributed by atoms with Gasteiger partial charge in [0.25, 0.3) is 0 Å². The fourth-order valence-electron chi connectivity index (χ4n) is 3.33. The lowest BCUT2D eigenvalue weighted by Gasteiger charge is -2.17. The van der Waals surface area contributed by atoms with Crippen LogP contribution >= 0.6 is 0 Å². The van der Waals surface area contributed by atoms with Gasteiger partial charge in [0, 0.05) is 11.1 Å². The highest BCUT2D eigenvalue weighted by Crippen LogP contribution is 2.36. The highest BCUT2D eigenvalue weighted by atomic mass is 16.5. The van der Waals surface area contributed by atoms with Crippen LogP contribution in [0.2, 0.25) is 0 Å². The Bertz CT molecular complexity index is 1130. The number of aliphatic carboxylic acids is 1. The summed E-state index contributed by atoms with van der Waals surface area (Å²) in [5, 5.41) is 19.7. The normalized spacial score (nSPS) is 12.8. The number of aliphatic hydroxyl groups is 1. The molecular formula is C25H22N2O5. The van der Waals surface area contributed by atoms with Gasteiger partial charge in [0.05, 0.1) is 0 Å². The molecule has 4 aromatic rings. The van der Waals surface area contributed by atoms with Crippen LogP contribution in [0.25, 0.3) is 22.6 Å². The molecule has 162 valence electrons. The zero-order valence-electron chi connectivity index (χ0n) is 17.1. The molecule has 0 spiro atoms. The number of nitrogens with zero attached hydrogens (tertiary/aromatic N) is 1. The van der Waals surface area contributed by atoms with Crippen molar-refractivity contribution in [1.29, 1.82) is 0 Å². The van der Waals surface area contributed by atoms with Gasteiger partial charge in [0.2, 0.25) is 5.89 Å². The van der Waals surface area contributed by atoms with Gasteiger partial charge < -0.3 is 25.1 Å². The summed E-state index contributed by atoms with van der Waals surface area (Å²) in [6, 6.07) is 24.7. The van der Waals surface area contributed by atoms with Crippen molar-refractivity contribution in [2.45, 2.75) is 12.1 Å². The molecular weight excluding hydrogens is 408 g/mol. The van der Waals surface area contributed by atoms with Gasteiger partial charge in [0.15, 0.2) is 12.4 Å². The quantitative estimate of drug-likeness (QED) is 0.383. The molecule has 3 aromatic carbocycles. The minimum Gasteiger partial charge on any atom is -0.482 e. The average molecular weight is 430 g/mol. The average Bonchev–Trinajstić information content (AvgIpc) is 3.29. The molecule has 4 rings (SSSR count). The number of carbonyl (C=O) groups is 1. The van der Waals surface area contributed by atoms with E-state index >= 15 is 0 Å². The van der Waals surface area contributed by atoms with Crippen molar-refractivity contribution in [2.75, 3.05) is 6.61 Å². The number of aliphatic hydroxyl groups excluding tert-OH is 1. The molecule has 2 atom stereocenters. The van der Waals surface area contributed by atoms with Crippen molar-refractivity contribution in [3.8, 4) is 28.3 Å². The lowest BCUT2D eigenvalue weighted by Crippen LogP contribution is -2.20. The van der Waals surface area contributed by atoms with E-state index in [1.807, 2.05) is 60.7 Å². The monoisotopic (exact) mass is 430 g/mol. The van der Waals surface area contributed by atoms with Crippen LogP contribution in [0, 0.1) is 0 Å². The van der Waals surface area contributed by atoms with Gasteiger partial charge in [-0.2, -0.15) is 0 Å². The second-order valence-electron chi connectivity index (χ2n) is 7.19. The van der Waals surface area contributed by atoms with Gasteiger partial charge in [-0.1, -0.05) is 72.8 Å². The van der Waals surface area contributed by atoms with Crippen molar-refractivity contribution < 1.29 is 24.2 Å². The summed E-state index contributed by atoms with van der Waals surface area (Å²) in [5.41, 5.74) is 9.14. The maximum atomic E-state index is 10.9. The molecule has 7 nitrogen and oxygen atoms in total. The summed E-state index contributed by atoms with van der Waals surface area (Å²) in [6.07, 6.45) is -1.14. The van der Waals surface area contributed by atoms with E-state index < -0.39 is 24.7 Å². The summed E-state index contributed by atoms with van der Waals surface area (Å²) < 4.78 is 11.3. The van der Waals surface area contributed by atoms with Crippen LogP contribution in [0.1, 0.15) is 23.6 Å². The molecule has 0 aliphatic carbocycles. The van der Waals surface area contributed by atoms with Gasteiger partial charge in [-0.05, 0) is 17.7 Å². The van der Waals surface area contributed by atoms with Crippen molar-refractivity contribution >= 4 is 5.97 Å². The fraction of sp³-hybridized carbons (Fsp3) is 0.120. The molecule has 1 heterocycles. The first-order valence-electron chi connectivity index (χ1n) is 10.0. The number of aromatic nitrogens is 1. The van der Waals surface area contributed by atoms with Gasteiger partial charge >= 0.3 is 5.97 Å². The molecule has 7 heteroatoms. The third-order valence-electron chi connectivity index (χ3n) is 4.91. The number of benzene rings is 3. The van der Waals surface area contributed by atoms with Gasteiger partial charge in [-0.25, -0.2) is 9.78 Å². The van der Waals surface area contributed by atoms with Gasteiger partial charge in [-0.15, -0.1) is 0 Å². The summed E-state index contributed by atoms with van der Waals surface area (Å²) in [4.78, 5) is 15.4. The lowest BCUT2D eigenvalue weighted by atomic mass is 10.0. The van der Waals surface area contributed by atoms with E-state index in [-0.39, 0.29) is 5.89 Å². The number of rotatable bonds is 8. The Kier molecular flexibility index (Phi) is 6.30. The smallest absolute Gasteiger partial charge is 0.341 e. The Morgan fingerprint density at radius 2 is 1.62 bits per heavy atom. The summed E-state index contributed by atoms with van der Waals surface area (Å²) >= 11 is 0. The van der Waals surface area contributed by atoms with E-state index in [4.69, 9.17) is 20.0 Å². The Labute approximate surface area is 184 Å². The summed E-state index contributed by atoms with van der Waals surface area (Å²) in [7, 11) is 0. The molecule has 0 radical (unpaired) electrons. The number of hydrogen-bond donors (Lipinski definition) is 3. The third kappa shape index (κ3) is 4.69. The van der Waals surface area contributed by atoms with Crippen LogP contribution in [-0.4, -0.2) is 27.8 Å². The number of ether oxygens (including phenoxy) is 1. The first-order chi connectivity index (χ1) is 15.5. The van der Waals surface area contributed by atoms with Crippen molar-refractivity contribution in [2.24, 2.45) is 5.73 Å². The summed E-state index contributed by atoms with van der Waals surface area (Å²) in [5.74, 6) is -0.0205. The zero-order chi connectivity index (χ0) is 22.5. The second kappa shape index (κ2) is 9.47. The Morgan fingerprint density at radius 3 is 2.28 bits per heavy atom. The van der Waals surface area contributed by atoms with Crippen LogP contribution in [0.4, 0.5) is 0 Å². The molecule has 0 bridgehead atoms. The maximum absolute atomic E-state index is 10.9. The molecule has 32 heavy (non-hydrogen) atoms. The van der Waals surface area contributed by atoms with Crippen LogP contribution in [0.3, 0.4) is 0 Å². The van der Waals surface area contributed by atoms with Crippen molar-refractivity contribution in [3.63, 3.8) is 0 Å². The largest absolute Gasteiger partial charge is 0.482 e. The molecule has 0 saturated carbocycles. The number of oxazole rings is 1. The molecule has 2 unspecified atom stereocenters. The predicted octanol–water partition coefficient (Wildman–Crippen LogP) is 4.21. The first-order valence-corrected chi connectivity index (χ1v) is 10.0. The number of nitrogens with two attached hydrogens (primary N) is 1. The number of carboxylic acid groups (broad SMARTS) is 1.